The molecular formula is C25H28N4O5S. The van der Waals surface area contributed by atoms with Crippen LogP contribution in [0.1, 0.15) is 51.6 Å². The molecule has 35 heavy (non-hydrogen) atoms. The van der Waals surface area contributed by atoms with Gasteiger partial charge in [-0.2, -0.15) is 0 Å². The summed E-state index contributed by atoms with van der Waals surface area (Å²) < 4.78 is 10.8. The van der Waals surface area contributed by atoms with E-state index in [1.807, 2.05) is 30.9 Å². The summed E-state index contributed by atoms with van der Waals surface area (Å²) in [5.41, 5.74) is 2.52. The second-order valence-electron chi connectivity index (χ2n) is 8.61. The van der Waals surface area contributed by atoms with Crippen molar-refractivity contribution in [3.8, 4) is 0 Å². The Bertz CT molecular complexity index is 1190. The largest absolute Gasteiger partial charge is 0.469 e. The molecule has 3 amide bonds. The summed E-state index contributed by atoms with van der Waals surface area (Å²) in [7, 11) is 0. The Balaban J connectivity index is 1.25. The van der Waals surface area contributed by atoms with Crippen molar-refractivity contribution in [2.45, 2.75) is 45.9 Å². The van der Waals surface area contributed by atoms with Crippen molar-refractivity contribution < 1.29 is 23.5 Å². The van der Waals surface area contributed by atoms with E-state index in [0.29, 0.717) is 47.3 Å². The van der Waals surface area contributed by atoms with Gasteiger partial charge in [0, 0.05) is 30.6 Å². The number of hydrogen-bond donors (Lipinski definition) is 2. The number of nitrogens with zero attached hydrogens (tertiary/aromatic N) is 2. The fraction of sp³-hybridized carbons (Fsp3) is 0.360. The van der Waals surface area contributed by atoms with Gasteiger partial charge in [-0.15, -0.1) is 11.3 Å². The van der Waals surface area contributed by atoms with Crippen LogP contribution in [-0.4, -0.2) is 52.9 Å². The van der Waals surface area contributed by atoms with Crippen molar-refractivity contribution in [2.75, 3.05) is 18.4 Å². The first-order chi connectivity index (χ1) is 16.8. The predicted molar refractivity (Wildman–Crippen MR) is 131 cm³/mol. The Morgan fingerprint density at radius 2 is 1.83 bits per heavy atom. The lowest BCUT2D eigenvalue weighted by Crippen LogP contribution is -2.48. The molecule has 10 heteroatoms. The topological polar surface area (TPSA) is 114 Å². The highest BCUT2D eigenvalue weighted by atomic mass is 32.1. The highest BCUT2D eigenvalue weighted by Gasteiger charge is 2.26. The van der Waals surface area contributed by atoms with Crippen LogP contribution in [0, 0.1) is 6.92 Å². The SMILES string of the molecule is Cc1occc1C(=O)Nc1nc(CC(=O)NCc2ccc(C(=O)N3CC(C)OC(C)C3)cc2)cs1. The Morgan fingerprint density at radius 3 is 2.49 bits per heavy atom. The zero-order chi connectivity index (χ0) is 24.9. The van der Waals surface area contributed by atoms with Crippen LogP contribution in [0.15, 0.2) is 46.4 Å². The molecule has 1 aliphatic rings. The molecule has 1 aromatic carbocycles. The highest BCUT2D eigenvalue weighted by Crippen LogP contribution is 2.19. The second-order valence-corrected chi connectivity index (χ2v) is 9.46. The van der Waals surface area contributed by atoms with Crippen molar-refractivity contribution in [1.29, 1.82) is 0 Å². The van der Waals surface area contributed by atoms with Gasteiger partial charge in [-0.3, -0.25) is 19.7 Å². The standard InChI is InChI=1S/C25H28N4O5S/c1-15-12-29(13-16(2)34-15)24(32)19-6-4-18(5-7-19)11-26-22(30)10-20-14-35-25(27-20)28-23(31)21-8-9-33-17(21)3/h4-9,14-16H,10-13H2,1-3H3,(H,26,30)(H,27,28,31). The van der Waals surface area contributed by atoms with Gasteiger partial charge in [0.1, 0.15) is 5.76 Å². The van der Waals surface area contributed by atoms with Gasteiger partial charge < -0.3 is 19.4 Å². The quantitative estimate of drug-likeness (QED) is 0.518. The number of ether oxygens (including phenoxy) is 1. The van der Waals surface area contributed by atoms with Crippen molar-refractivity contribution >= 4 is 34.2 Å². The van der Waals surface area contributed by atoms with E-state index in [0.717, 1.165) is 5.56 Å². The number of thiazole rings is 1. The number of aryl methyl sites for hydroxylation is 1. The van der Waals surface area contributed by atoms with Crippen molar-refractivity contribution in [3.63, 3.8) is 0 Å². The van der Waals surface area contributed by atoms with E-state index in [9.17, 15) is 14.4 Å². The predicted octanol–water partition coefficient (Wildman–Crippen LogP) is 3.41. The van der Waals surface area contributed by atoms with E-state index >= 15 is 0 Å². The number of aromatic nitrogens is 1. The van der Waals surface area contributed by atoms with Crippen LogP contribution in [-0.2, 0) is 22.5 Å². The lowest BCUT2D eigenvalue weighted by molar-refractivity contribution is -0.120. The van der Waals surface area contributed by atoms with Crippen molar-refractivity contribution in [1.82, 2.24) is 15.2 Å². The lowest BCUT2D eigenvalue weighted by atomic mass is 10.1. The van der Waals surface area contributed by atoms with Gasteiger partial charge in [0.05, 0.1) is 36.1 Å². The molecule has 3 aromatic rings. The summed E-state index contributed by atoms with van der Waals surface area (Å²) in [5, 5.41) is 7.74. The van der Waals surface area contributed by atoms with E-state index in [2.05, 4.69) is 15.6 Å². The Hall–Kier alpha value is -3.50. The summed E-state index contributed by atoms with van der Waals surface area (Å²) >= 11 is 1.26. The molecule has 0 saturated carbocycles. The normalized spacial score (nSPS) is 17.7. The number of furan rings is 1. The molecule has 1 saturated heterocycles. The first kappa shape index (κ1) is 24.6. The molecule has 2 unspecified atom stereocenters. The van der Waals surface area contributed by atoms with Crippen LogP contribution < -0.4 is 10.6 Å². The molecule has 4 rings (SSSR count). The van der Waals surface area contributed by atoms with Gasteiger partial charge in [0.2, 0.25) is 5.91 Å². The number of morpholine rings is 1. The molecule has 1 fully saturated rings. The molecule has 0 spiro atoms. The average molecular weight is 497 g/mol. The number of rotatable bonds is 7. The molecule has 9 nitrogen and oxygen atoms in total. The van der Waals surface area contributed by atoms with Crippen molar-refractivity contribution in [2.24, 2.45) is 0 Å². The van der Waals surface area contributed by atoms with Crippen LogP contribution in [0.4, 0.5) is 5.13 Å². The van der Waals surface area contributed by atoms with Crippen molar-refractivity contribution in [3.05, 3.63) is 70.1 Å². The van der Waals surface area contributed by atoms with E-state index in [1.165, 1.54) is 17.6 Å². The summed E-state index contributed by atoms with van der Waals surface area (Å²) in [6.45, 7) is 7.13. The molecule has 0 bridgehead atoms. The fourth-order valence-corrected chi connectivity index (χ4v) is 4.65. The van der Waals surface area contributed by atoms with E-state index in [-0.39, 0.29) is 36.4 Å². The molecule has 184 valence electrons. The zero-order valence-electron chi connectivity index (χ0n) is 19.9. The Morgan fingerprint density at radius 1 is 1.11 bits per heavy atom. The third kappa shape index (κ3) is 6.34. The highest BCUT2D eigenvalue weighted by molar-refractivity contribution is 7.14. The molecule has 2 atom stereocenters. The maximum absolute atomic E-state index is 12.8. The van der Waals surface area contributed by atoms with E-state index < -0.39 is 0 Å². The van der Waals surface area contributed by atoms with Gasteiger partial charge in [-0.25, -0.2) is 4.98 Å². The van der Waals surface area contributed by atoms with Crippen LogP contribution in [0.2, 0.25) is 0 Å². The molecule has 2 aromatic heterocycles. The number of nitrogens with one attached hydrogen (secondary N) is 2. The summed E-state index contributed by atoms with van der Waals surface area (Å²) in [4.78, 5) is 43.5. The molecule has 3 heterocycles. The minimum absolute atomic E-state index is 0.0166. The maximum Gasteiger partial charge on any atom is 0.260 e. The van der Waals surface area contributed by atoms with Gasteiger partial charge in [-0.05, 0) is 44.5 Å². The number of anilines is 1. The minimum atomic E-state index is -0.304. The number of hydrogen-bond acceptors (Lipinski definition) is 7. The fourth-order valence-electron chi connectivity index (χ4n) is 3.95. The zero-order valence-corrected chi connectivity index (χ0v) is 20.7. The summed E-state index contributed by atoms with van der Waals surface area (Å²) in [5.74, 6) is 0.0229. The molecule has 0 radical (unpaired) electrons. The third-order valence-corrected chi connectivity index (χ3v) is 6.42. The average Bonchev–Trinajstić information content (AvgIpc) is 3.45. The molecular weight excluding hydrogens is 468 g/mol. The number of carbonyl (C=O) groups is 3. The van der Waals surface area contributed by atoms with Crippen LogP contribution in [0.5, 0.6) is 0 Å². The second kappa shape index (κ2) is 10.8. The van der Waals surface area contributed by atoms with Gasteiger partial charge in [0.25, 0.3) is 11.8 Å². The van der Waals surface area contributed by atoms with Crippen LogP contribution in [0.25, 0.3) is 0 Å². The molecule has 1 aliphatic heterocycles. The first-order valence-electron chi connectivity index (χ1n) is 11.4. The Kier molecular flexibility index (Phi) is 7.62. The summed E-state index contributed by atoms with van der Waals surface area (Å²) in [6.07, 6.45) is 1.59. The smallest absolute Gasteiger partial charge is 0.260 e. The molecule has 2 N–H and O–H groups in total. The third-order valence-electron chi connectivity index (χ3n) is 5.61. The number of benzene rings is 1. The van der Waals surface area contributed by atoms with E-state index in [4.69, 9.17) is 9.15 Å². The van der Waals surface area contributed by atoms with Gasteiger partial charge in [-0.1, -0.05) is 12.1 Å². The molecule has 0 aliphatic carbocycles. The summed E-state index contributed by atoms with van der Waals surface area (Å²) in [6, 6.07) is 8.85. The number of amides is 3. The first-order valence-corrected chi connectivity index (χ1v) is 12.3. The monoisotopic (exact) mass is 496 g/mol. The van der Waals surface area contributed by atoms with Crippen LogP contribution >= 0.6 is 11.3 Å². The Labute approximate surface area is 207 Å². The van der Waals surface area contributed by atoms with Gasteiger partial charge >= 0.3 is 0 Å². The maximum atomic E-state index is 12.8. The minimum Gasteiger partial charge on any atom is -0.469 e. The van der Waals surface area contributed by atoms with Crippen LogP contribution in [0.3, 0.4) is 0 Å². The van der Waals surface area contributed by atoms with E-state index in [1.54, 1.807) is 30.5 Å². The number of carbonyl (C=O) groups excluding carboxylic acids is 3. The lowest BCUT2D eigenvalue weighted by Gasteiger charge is -2.35. The van der Waals surface area contributed by atoms with Gasteiger partial charge in [0.15, 0.2) is 5.13 Å².